The highest BCUT2D eigenvalue weighted by molar-refractivity contribution is 8.13. The number of esters is 2. The van der Waals surface area contributed by atoms with Crippen LogP contribution in [0.4, 0.5) is 23.0 Å². The third kappa shape index (κ3) is 13.0. The molecule has 2 aromatic heterocycles. The first-order valence-corrected chi connectivity index (χ1v) is 28.7. The predicted octanol–water partition coefficient (Wildman–Crippen LogP) is 10.3. The number of halogens is 1. The molecule has 0 radical (unpaired) electrons. The van der Waals surface area contributed by atoms with Gasteiger partial charge in [-0.1, -0.05) is 109 Å². The lowest BCUT2D eigenvalue weighted by Gasteiger charge is -2.26. The van der Waals surface area contributed by atoms with Crippen molar-refractivity contribution in [3.8, 4) is 11.5 Å². The summed E-state index contributed by atoms with van der Waals surface area (Å²) in [7, 11) is 0.631. The molecule has 0 aliphatic carbocycles. The lowest BCUT2D eigenvalue weighted by molar-refractivity contribution is -0.145. The van der Waals surface area contributed by atoms with Crippen LogP contribution in [0.2, 0.25) is 0 Å². The number of anilines is 4. The van der Waals surface area contributed by atoms with E-state index in [0.717, 1.165) is 27.5 Å². The van der Waals surface area contributed by atoms with Crippen LogP contribution in [0.1, 0.15) is 49.7 Å². The van der Waals surface area contributed by atoms with Gasteiger partial charge in [0.25, 0.3) is 19.1 Å². The van der Waals surface area contributed by atoms with E-state index in [4.69, 9.17) is 35.4 Å². The molecule has 2 fully saturated rings. The van der Waals surface area contributed by atoms with Crippen molar-refractivity contribution < 1.29 is 45.4 Å². The topological polar surface area (TPSA) is 210 Å². The van der Waals surface area contributed by atoms with E-state index in [-0.39, 0.29) is 39.6 Å². The third-order valence-electron chi connectivity index (χ3n) is 13.3. The molecular weight excluding hydrogens is 1040 g/mol. The molecule has 2 aliphatic rings. The van der Waals surface area contributed by atoms with Crippen molar-refractivity contribution in [1.82, 2.24) is 9.97 Å². The molecule has 77 heavy (non-hydrogen) atoms. The zero-order valence-electron chi connectivity index (χ0n) is 42.9. The Kier molecular flexibility index (Phi) is 17.8. The van der Waals surface area contributed by atoms with E-state index in [1.807, 2.05) is 96.8 Å². The standard InChI is InChI=1S/C29H29N3O5S.C22H23N3O2.C7H7ClO3S/c1-3-37-29(33)27-17-21(20-9-5-4-6-10-20)19-32(27)28-25-12-8-7-11-24(25)26(18-30-28)31-38(34,35)23-15-13-22(36-2)14-16-23;1-2-27-22(26)20-12-16(15-8-4-3-5-9-15)14-25(20)21-18-11-7-6-10-17(18)19(23)13-24-21;1-11-6-2-4-7(5-3-6)12(8,9)10/h4-16,18,21,27,31H,3,17,19H2,1-2H3;3-11,13,16,20H,2,12,14,23H2,1H3;2-5H,1H3/t21-,27+;16-,20+;/m11./s1. The number of pyridine rings is 2. The fourth-order valence-corrected chi connectivity index (χ4v) is 11.4. The quantitative estimate of drug-likeness (QED) is 0.0766. The number of nitrogens with zero attached hydrogens (tertiary/aromatic N) is 4. The Labute approximate surface area is 453 Å². The van der Waals surface area contributed by atoms with Crippen molar-refractivity contribution >= 4 is 86.3 Å². The molecule has 0 saturated carbocycles. The van der Waals surface area contributed by atoms with Gasteiger partial charge in [-0.2, -0.15) is 0 Å². The number of methoxy groups -OCH3 is 2. The summed E-state index contributed by atoms with van der Waals surface area (Å²) in [5, 5.41) is 3.33. The summed E-state index contributed by atoms with van der Waals surface area (Å²) < 4.78 is 71.3. The average Bonchev–Trinajstić information content (AvgIpc) is 4.17. The van der Waals surface area contributed by atoms with Gasteiger partial charge in [-0.25, -0.2) is 36.4 Å². The Bertz CT molecular complexity index is 3550. The van der Waals surface area contributed by atoms with Crippen molar-refractivity contribution in [3.05, 3.63) is 181 Å². The number of benzene rings is 6. The number of rotatable bonds is 14. The number of nitrogens with two attached hydrogens (primary N) is 1. The van der Waals surface area contributed by atoms with Crippen LogP contribution in [0.5, 0.6) is 11.5 Å². The molecule has 16 nitrogen and oxygen atoms in total. The normalized spacial score (nSPS) is 17.1. The van der Waals surface area contributed by atoms with Gasteiger partial charge in [-0.15, -0.1) is 0 Å². The number of carbonyl (C=O) groups is 2. The third-order valence-corrected chi connectivity index (χ3v) is 16.1. The number of carbonyl (C=O) groups excluding carboxylic acids is 2. The summed E-state index contributed by atoms with van der Waals surface area (Å²) in [6.07, 6.45) is 4.50. The van der Waals surface area contributed by atoms with E-state index in [1.165, 1.54) is 62.4 Å². The smallest absolute Gasteiger partial charge is 0.328 e. The first-order chi connectivity index (χ1) is 37.1. The summed E-state index contributed by atoms with van der Waals surface area (Å²) in [6.45, 7) is 5.59. The van der Waals surface area contributed by atoms with Crippen LogP contribution >= 0.6 is 10.7 Å². The maximum absolute atomic E-state index is 13.1. The maximum atomic E-state index is 13.1. The predicted molar refractivity (Wildman–Crippen MR) is 301 cm³/mol. The second kappa shape index (κ2) is 24.8. The van der Waals surface area contributed by atoms with E-state index in [1.54, 1.807) is 25.3 Å². The number of ether oxygens (including phenoxy) is 4. The lowest BCUT2D eigenvalue weighted by atomic mass is 9.96. The van der Waals surface area contributed by atoms with Crippen molar-refractivity contribution in [2.24, 2.45) is 0 Å². The molecule has 0 bridgehead atoms. The monoisotopic (exact) mass is 1100 g/mol. The first kappa shape index (κ1) is 55.3. The number of fused-ring (bicyclic) bond motifs is 2. The van der Waals surface area contributed by atoms with Gasteiger partial charge in [0, 0.05) is 57.2 Å². The molecule has 0 unspecified atom stereocenters. The fourth-order valence-electron chi connectivity index (χ4n) is 9.61. The van der Waals surface area contributed by atoms with Crippen LogP contribution in [-0.2, 0) is 38.1 Å². The molecule has 2 aliphatic heterocycles. The van der Waals surface area contributed by atoms with Crippen LogP contribution < -0.4 is 29.7 Å². The van der Waals surface area contributed by atoms with E-state index < -0.39 is 25.1 Å². The number of hydrogen-bond acceptors (Lipinski definition) is 15. The van der Waals surface area contributed by atoms with Crippen LogP contribution in [0.3, 0.4) is 0 Å². The summed E-state index contributed by atoms with van der Waals surface area (Å²) in [5.41, 5.74) is 9.49. The first-order valence-electron chi connectivity index (χ1n) is 24.9. The zero-order chi connectivity index (χ0) is 54.7. The fraction of sp³-hybridized carbons (Fsp3) is 0.241. The van der Waals surface area contributed by atoms with E-state index in [0.29, 0.717) is 73.2 Å². The minimum atomic E-state index is -3.87. The maximum Gasteiger partial charge on any atom is 0.328 e. The second-order valence-electron chi connectivity index (χ2n) is 18.0. The van der Waals surface area contributed by atoms with Crippen LogP contribution in [-0.4, -0.2) is 91.3 Å². The Morgan fingerprint density at radius 2 is 0.974 bits per heavy atom. The Morgan fingerprint density at radius 1 is 0.571 bits per heavy atom. The zero-order valence-corrected chi connectivity index (χ0v) is 45.2. The molecule has 0 amide bonds. The molecule has 4 heterocycles. The molecule has 19 heteroatoms. The van der Waals surface area contributed by atoms with Crippen molar-refractivity contribution in [2.45, 2.75) is 60.4 Å². The Balaban J connectivity index is 0.000000174. The van der Waals surface area contributed by atoms with Crippen LogP contribution in [0.25, 0.3) is 21.5 Å². The van der Waals surface area contributed by atoms with Gasteiger partial charge in [0.15, 0.2) is 0 Å². The van der Waals surface area contributed by atoms with Crippen molar-refractivity contribution in [2.75, 3.05) is 60.8 Å². The largest absolute Gasteiger partial charge is 0.497 e. The van der Waals surface area contributed by atoms with Gasteiger partial charge >= 0.3 is 11.9 Å². The number of nitrogen functional groups attached to an aromatic ring is 1. The second-order valence-corrected chi connectivity index (χ2v) is 22.3. The molecule has 400 valence electrons. The van der Waals surface area contributed by atoms with Gasteiger partial charge in [-0.05, 0) is 86.3 Å². The van der Waals surface area contributed by atoms with E-state index in [9.17, 15) is 26.4 Å². The lowest BCUT2D eigenvalue weighted by Crippen LogP contribution is -2.38. The Morgan fingerprint density at radius 3 is 1.42 bits per heavy atom. The molecule has 10 rings (SSSR count). The molecule has 0 spiro atoms. The van der Waals surface area contributed by atoms with E-state index in [2.05, 4.69) is 43.9 Å². The minimum absolute atomic E-state index is 0.0740. The number of hydrogen-bond donors (Lipinski definition) is 2. The highest BCUT2D eigenvalue weighted by Gasteiger charge is 2.41. The summed E-state index contributed by atoms with van der Waals surface area (Å²) in [5.74, 6) is 2.45. The molecular formula is C58H59ClN6O10S2. The average molecular weight is 1100 g/mol. The molecule has 4 atom stereocenters. The molecule has 2 saturated heterocycles. The van der Waals surface area contributed by atoms with E-state index >= 15 is 0 Å². The number of nitrogens with one attached hydrogen (secondary N) is 1. The highest BCUT2D eigenvalue weighted by Crippen LogP contribution is 2.41. The summed E-state index contributed by atoms with van der Waals surface area (Å²) in [4.78, 5) is 39.2. The van der Waals surface area contributed by atoms with Gasteiger partial charge < -0.3 is 34.5 Å². The van der Waals surface area contributed by atoms with Gasteiger partial charge in [-0.3, -0.25) is 4.72 Å². The van der Waals surface area contributed by atoms with Crippen molar-refractivity contribution in [1.29, 1.82) is 0 Å². The van der Waals surface area contributed by atoms with Crippen LogP contribution in [0, 0.1) is 0 Å². The minimum Gasteiger partial charge on any atom is -0.497 e. The van der Waals surface area contributed by atoms with Gasteiger partial charge in [0.1, 0.15) is 35.2 Å². The summed E-state index contributed by atoms with van der Waals surface area (Å²) >= 11 is 0. The van der Waals surface area contributed by atoms with Crippen LogP contribution in [0.15, 0.2) is 180 Å². The number of aromatic nitrogens is 2. The molecule has 6 aromatic carbocycles. The van der Waals surface area contributed by atoms with Crippen molar-refractivity contribution in [3.63, 3.8) is 0 Å². The number of sulfonamides is 1. The molecule has 3 N–H and O–H groups in total. The molecule has 8 aromatic rings. The highest BCUT2D eigenvalue weighted by atomic mass is 35.7. The van der Waals surface area contributed by atoms with Gasteiger partial charge in [0.05, 0.1) is 61.0 Å². The SMILES string of the molecule is CCOC(=O)[C@@H]1C[C@@H](c2ccccc2)CN1c1ncc(N)c2ccccc12.CCOC(=O)[C@@H]1C[C@@H](c2ccccc2)CN1c1ncc(NS(=O)(=O)c2ccc(OC)cc2)c2ccccc12.COc1ccc(S(=O)(=O)Cl)cc1. The summed E-state index contributed by atoms with van der Waals surface area (Å²) in [6, 6.07) is 47.0. The van der Waals surface area contributed by atoms with Gasteiger partial charge in [0.2, 0.25) is 0 Å². The Hall–Kier alpha value is -7.93.